The van der Waals surface area contributed by atoms with E-state index in [9.17, 15) is 9.90 Å². The van der Waals surface area contributed by atoms with E-state index in [1.54, 1.807) is 19.1 Å². The smallest absolute Gasteiger partial charge is 0.354 e. The predicted octanol–water partition coefficient (Wildman–Crippen LogP) is 3.38. The normalized spacial score (nSPS) is 11.3. The lowest BCUT2D eigenvalue weighted by molar-refractivity contribution is 0.0691. The van der Waals surface area contributed by atoms with Crippen molar-refractivity contribution < 1.29 is 14.4 Å². The lowest BCUT2D eigenvalue weighted by atomic mass is 10.1. The van der Waals surface area contributed by atoms with Gasteiger partial charge in [0.05, 0.1) is 5.52 Å². The van der Waals surface area contributed by atoms with Gasteiger partial charge in [-0.1, -0.05) is 23.4 Å². The van der Waals surface area contributed by atoms with Crippen LogP contribution in [0.15, 0.2) is 40.9 Å². The largest absolute Gasteiger partial charge is 0.477 e. The molecule has 0 aliphatic rings. The standard InChI is InChI=1S/C16H11N3O3/c1-8-6-12(19-22-8)15-14-10(7-13(18-15)16(20)21)9-4-2-3-5-11(9)17-14/h2-7,17H,1H3,(H,20,21). The summed E-state index contributed by atoms with van der Waals surface area (Å²) in [6.07, 6.45) is 0. The van der Waals surface area contributed by atoms with Crippen LogP contribution < -0.4 is 0 Å². The summed E-state index contributed by atoms with van der Waals surface area (Å²) >= 11 is 0. The summed E-state index contributed by atoms with van der Waals surface area (Å²) in [4.78, 5) is 18.9. The molecule has 0 unspecified atom stereocenters. The highest BCUT2D eigenvalue weighted by Crippen LogP contribution is 2.32. The van der Waals surface area contributed by atoms with E-state index < -0.39 is 5.97 Å². The first-order valence-corrected chi connectivity index (χ1v) is 6.72. The molecule has 3 heterocycles. The van der Waals surface area contributed by atoms with Crippen LogP contribution in [-0.4, -0.2) is 26.2 Å². The van der Waals surface area contributed by atoms with Gasteiger partial charge in [-0.05, 0) is 19.1 Å². The van der Waals surface area contributed by atoms with Gasteiger partial charge in [-0.15, -0.1) is 0 Å². The van der Waals surface area contributed by atoms with Crippen molar-refractivity contribution in [3.05, 3.63) is 47.9 Å². The highest BCUT2D eigenvalue weighted by molar-refractivity contribution is 6.12. The molecule has 4 rings (SSSR count). The van der Waals surface area contributed by atoms with E-state index in [2.05, 4.69) is 15.1 Å². The van der Waals surface area contributed by atoms with Crippen molar-refractivity contribution in [1.29, 1.82) is 0 Å². The Morgan fingerprint density at radius 2 is 2.05 bits per heavy atom. The van der Waals surface area contributed by atoms with Crippen LogP contribution in [0.1, 0.15) is 16.2 Å². The van der Waals surface area contributed by atoms with E-state index in [1.165, 1.54) is 0 Å². The van der Waals surface area contributed by atoms with Crippen LogP contribution in [-0.2, 0) is 0 Å². The molecule has 0 aliphatic carbocycles. The Balaban J connectivity index is 2.15. The van der Waals surface area contributed by atoms with Crippen molar-refractivity contribution in [2.24, 2.45) is 0 Å². The average Bonchev–Trinajstić information content (AvgIpc) is 3.09. The van der Waals surface area contributed by atoms with Gasteiger partial charge in [0, 0.05) is 22.4 Å². The van der Waals surface area contributed by atoms with Gasteiger partial charge in [0.25, 0.3) is 0 Å². The molecule has 0 aliphatic heterocycles. The zero-order valence-electron chi connectivity index (χ0n) is 11.6. The summed E-state index contributed by atoms with van der Waals surface area (Å²) < 4.78 is 5.09. The number of nitrogens with one attached hydrogen (secondary N) is 1. The van der Waals surface area contributed by atoms with Gasteiger partial charge in [0.1, 0.15) is 22.8 Å². The second-order valence-corrected chi connectivity index (χ2v) is 5.08. The number of benzene rings is 1. The molecule has 2 N–H and O–H groups in total. The first-order chi connectivity index (χ1) is 10.6. The number of H-pyrrole nitrogens is 1. The van der Waals surface area contributed by atoms with Crippen LogP contribution in [0.25, 0.3) is 33.2 Å². The molecule has 3 aromatic heterocycles. The van der Waals surface area contributed by atoms with Gasteiger partial charge in [0.15, 0.2) is 0 Å². The summed E-state index contributed by atoms with van der Waals surface area (Å²) in [5.41, 5.74) is 2.64. The number of carboxylic acid groups (broad SMARTS) is 1. The fourth-order valence-corrected chi connectivity index (χ4v) is 2.62. The van der Waals surface area contributed by atoms with Crippen LogP contribution in [0.4, 0.5) is 0 Å². The molecule has 22 heavy (non-hydrogen) atoms. The number of carbonyl (C=O) groups is 1. The number of aromatic amines is 1. The molecule has 0 fully saturated rings. The topological polar surface area (TPSA) is 92.0 Å². The summed E-state index contributed by atoms with van der Waals surface area (Å²) in [5.74, 6) is -0.435. The third kappa shape index (κ3) is 1.77. The second-order valence-electron chi connectivity index (χ2n) is 5.08. The molecule has 0 radical (unpaired) electrons. The molecule has 0 amide bonds. The van der Waals surface area contributed by atoms with Crippen molar-refractivity contribution in [3.8, 4) is 11.4 Å². The van der Waals surface area contributed by atoms with Crippen molar-refractivity contribution in [1.82, 2.24) is 15.1 Å². The van der Waals surface area contributed by atoms with E-state index in [0.29, 0.717) is 17.1 Å². The van der Waals surface area contributed by atoms with Gasteiger partial charge in [0.2, 0.25) is 0 Å². The quantitative estimate of drug-likeness (QED) is 0.591. The second kappa shape index (κ2) is 4.42. The van der Waals surface area contributed by atoms with Crippen molar-refractivity contribution in [2.45, 2.75) is 6.92 Å². The fourth-order valence-electron chi connectivity index (χ4n) is 2.62. The Morgan fingerprint density at radius 3 is 2.77 bits per heavy atom. The van der Waals surface area contributed by atoms with E-state index in [0.717, 1.165) is 21.8 Å². The molecule has 6 nitrogen and oxygen atoms in total. The SMILES string of the molecule is Cc1cc(-c2nc(C(=O)O)cc3c2[nH]c2ccccc23)no1. The number of aryl methyl sites for hydroxylation is 1. The molecule has 108 valence electrons. The van der Waals surface area contributed by atoms with Crippen LogP contribution >= 0.6 is 0 Å². The minimum atomic E-state index is -1.08. The Morgan fingerprint density at radius 1 is 1.23 bits per heavy atom. The third-order valence-corrected chi connectivity index (χ3v) is 3.59. The van der Waals surface area contributed by atoms with Gasteiger partial charge in [-0.2, -0.15) is 0 Å². The summed E-state index contributed by atoms with van der Waals surface area (Å²) in [6, 6.07) is 11.0. The van der Waals surface area contributed by atoms with Crippen LogP contribution in [0.2, 0.25) is 0 Å². The third-order valence-electron chi connectivity index (χ3n) is 3.59. The van der Waals surface area contributed by atoms with Gasteiger partial charge in [-0.3, -0.25) is 0 Å². The molecule has 0 bridgehead atoms. The fraction of sp³-hybridized carbons (Fsp3) is 0.0625. The molecule has 0 saturated heterocycles. The highest BCUT2D eigenvalue weighted by atomic mass is 16.5. The molecule has 1 aromatic carbocycles. The maximum atomic E-state index is 11.4. The molecule has 0 atom stereocenters. The first kappa shape index (κ1) is 12.6. The van der Waals surface area contributed by atoms with Gasteiger partial charge in [-0.25, -0.2) is 9.78 Å². The van der Waals surface area contributed by atoms with Crippen LogP contribution in [0.3, 0.4) is 0 Å². The lowest BCUT2D eigenvalue weighted by Crippen LogP contribution is -2.01. The molecule has 0 spiro atoms. The maximum Gasteiger partial charge on any atom is 0.354 e. The minimum Gasteiger partial charge on any atom is -0.477 e. The summed E-state index contributed by atoms with van der Waals surface area (Å²) in [7, 11) is 0. The Kier molecular flexibility index (Phi) is 2.53. The Bertz CT molecular complexity index is 1030. The van der Waals surface area contributed by atoms with Crippen molar-refractivity contribution >= 4 is 27.8 Å². The summed E-state index contributed by atoms with van der Waals surface area (Å²) in [5, 5.41) is 15.0. The monoisotopic (exact) mass is 293 g/mol. The van der Waals surface area contributed by atoms with E-state index in [-0.39, 0.29) is 5.69 Å². The van der Waals surface area contributed by atoms with Gasteiger partial charge < -0.3 is 14.6 Å². The molecule has 0 saturated carbocycles. The number of nitrogens with zero attached hydrogens (tertiary/aromatic N) is 2. The number of carboxylic acids is 1. The molecular formula is C16H11N3O3. The number of pyridine rings is 1. The van der Waals surface area contributed by atoms with Gasteiger partial charge >= 0.3 is 5.97 Å². The number of aromatic carboxylic acids is 1. The Hall–Kier alpha value is -3.15. The number of fused-ring (bicyclic) bond motifs is 3. The van der Waals surface area contributed by atoms with E-state index in [1.807, 2.05) is 24.3 Å². The number of hydrogen-bond donors (Lipinski definition) is 2. The zero-order chi connectivity index (χ0) is 15.3. The number of hydrogen-bond acceptors (Lipinski definition) is 4. The van der Waals surface area contributed by atoms with E-state index >= 15 is 0 Å². The first-order valence-electron chi connectivity index (χ1n) is 6.72. The van der Waals surface area contributed by atoms with Crippen LogP contribution in [0.5, 0.6) is 0 Å². The Labute approximate surface area is 124 Å². The minimum absolute atomic E-state index is 0.0205. The molecule has 4 aromatic rings. The van der Waals surface area contributed by atoms with Crippen molar-refractivity contribution in [2.75, 3.05) is 0 Å². The molecule has 6 heteroatoms. The lowest BCUT2D eigenvalue weighted by Gasteiger charge is -2.01. The maximum absolute atomic E-state index is 11.4. The average molecular weight is 293 g/mol. The number of para-hydroxylation sites is 1. The summed E-state index contributed by atoms with van der Waals surface area (Å²) in [6.45, 7) is 1.78. The number of rotatable bonds is 2. The van der Waals surface area contributed by atoms with Crippen molar-refractivity contribution in [3.63, 3.8) is 0 Å². The van der Waals surface area contributed by atoms with E-state index in [4.69, 9.17) is 4.52 Å². The zero-order valence-corrected chi connectivity index (χ0v) is 11.6. The predicted molar refractivity (Wildman–Crippen MR) is 80.8 cm³/mol. The van der Waals surface area contributed by atoms with Crippen LogP contribution in [0, 0.1) is 6.92 Å². The number of aromatic nitrogens is 3. The highest BCUT2D eigenvalue weighted by Gasteiger charge is 2.18. The molecular weight excluding hydrogens is 282 g/mol.